The number of amides is 3. The largest absolute Gasteiger partial charge is 0.489 e. The number of imide groups is 1. The summed E-state index contributed by atoms with van der Waals surface area (Å²) >= 11 is 0. The van der Waals surface area contributed by atoms with Gasteiger partial charge in [0, 0.05) is 44.3 Å². The molecule has 1 saturated carbocycles. The lowest BCUT2D eigenvalue weighted by molar-refractivity contribution is -0.136. The summed E-state index contributed by atoms with van der Waals surface area (Å²) in [6, 6.07) is 5.46. The lowest BCUT2D eigenvalue weighted by Crippen LogP contribution is -2.52. The Morgan fingerprint density at radius 3 is 2.65 bits per heavy atom. The molecular weight excluding hydrogens is 434 g/mol. The van der Waals surface area contributed by atoms with Gasteiger partial charge in [-0.3, -0.25) is 24.6 Å². The maximum Gasteiger partial charge on any atom is 0.255 e. The standard InChI is InChI=1S/C26H35N3O5/c1-3-33-26(2)11-13-28(14-12-26)20-5-4-6-22(20)34-18-7-8-19-17(15-18)16-29(25(19)32)21-9-10-23(30)27-24(21)31/h7-8,15,20-22H,3-6,9-14,16H2,1-2H3,(H,27,30,31)/t20-,21?,22-/m1/s1. The van der Waals surface area contributed by atoms with E-state index in [4.69, 9.17) is 9.47 Å². The smallest absolute Gasteiger partial charge is 0.255 e. The number of rotatable bonds is 6. The summed E-state index contributed by atoms with van der Waals surface area (Å²) < 4.78 is 12.5. The first-order valence-electron chi connectivity index (χ1n) is 12.7. The van der Waals surface area contributed by atoms with Crippen LogP contribution in [0.5, 0.6) is 5.75 Å². The highest BCUT2D eigenvalue weighted by atomic mass is 16.5. The summed E-state index contributed by atoms with van der Waals surface area (Å²) in [4.78, 5) is 40.9. The van der Waals surface area contributed by atoms with Crippen molar-refractivity contribution in [3.8, 4) is 5.75 Å². The first-order chi connectivity index (χ1) is 16.4. The van der Waals surface area contributed by atoms with Gasteiger partial charge in [0.1, 0.15) is 17.9 Å². The van der Waals surface area contributed by atoms with Gasteiger partial charge in [-0.1, -0.05) is 0 Å². The normalized spacial score (nSPS) is 29.3. The minimum absolute atomic E-state index is 0.0128. The van der Waals surface area contributed by atoms with Crippen molar-refractivity contribution in [2.75, 3.05) is 19.7 Å². The van der Waals surface area contributed by atoms with Gasteiger partial charge in [0.15, 0.2) is 0 Å². The van der Waals surface area contributed by atoms with E-state index >= 15 is 0 Å². The van der Waals surface area contributed by atoms with Crippen LogP contribution >= 0.6 is 0 Å². The lowest BCUT2D eigenvalue weighted by Gasteiger charge is -2.42. The molecule has 3 heterocycles. The summed E-state index contributed by atoms with van der Waals surface area (Å²) in [6.45, 7) is 7.47. The predicted molar refractivity (Wildman–Crippen MR) is 125 cm³/mol. The molecule has 3 aliphatic heterocycles. The molecule has 0 aromatic heterocycles. The van der Waals surface area contributed by atoms with E-state index in [0.717, 1.165) is 63.1 Å². The van der Waals surface area contributed by atoms with Crippen LogP contribution in [0.4, 0.5) is 0 Å². The molecule has 0 spiro atoms. The predicted octanol–water partition coefficient (Wildman–Crippen LogP) is 2.64. The van der Waals surface area contributed by atoms with Gasteiger partial charge < -0.3 is 14.4 Å². The van der Waals surface area contributed by atoms with Crippen molar-refractivity contribution in [3.05, 3.63) is 29.3 Å². The molecule has 0 bridgehead atoms. The fourth-order valence-electron chi connectivity index (χ4n) is 6.08. The van der Waals surface area contributed by atoms with E-state index in [2.05, 4.69) is 24.1 Å². The van der Waals surface area contributed by atoms with E-state index in [-0.39, 0.29) is 35.8 Å². The molecule has 3 fully saturated rings. The maximum absolute atomic E-state index is 12.9. The van der Waals surface area contributed by atoms with Crippen molar-refractivity contribution in [1.82, 2.24) is 15.1 Å². The number of ether oxygens (including phenoxy) is 2. The molecule has 8 heteroatoms. The monoisotopic (exact) mass is 469 g/mol. The molecular formula is C26H35N3O5. The molecule has 3 amide bonds. The van der Waals surface area contributed by atoms with Crippen LogP contribution in [0, 0.1) is 0 Å². The summed E-state index contributed by atoms with van der Waals surface area (Å²) in [5.74, 6) is -0.0294. The third-order valence-corrected chi connectivity index (χ3v) is 8.02. The number of hydrogen-bond acceptors (Lipinski definition) is 6. The first kappa shape index (κ1) is 23.3. The van der Waals surface area contributed by atoms with Crippen molar-refractivity contribution in [3.63, 3.8) is 0 Å². The van der Waals surface area contributed by atoms with Crippen LogP contribution in [0.15, 0.2) is 18.2 Å². The van der Waals surface area contributed by atoms with Crippen molar-refractivity contribution in [1.29, 1.82) is 0 Å². The Kier molecular flexibility index (Phi) is 6.37. The molecule has 1 unspecified atom stereocenters. The van der Waals surface area contributed by atoms with Crippen molar-refractivity contribution >= 4 is 17.7 Å². The molecule has 184 valence electrons. The first-order valence-corrected chi connectivity index (χ1v) is 12.7. The average Bonchev–Trinajstić information content (AvgIpc) is 3.39. The highest BCUT2D eigenvalue weighted by molar-refractivity contribution is 6.05. The van der Waals surface area contributed by atoms with E-state index in [0.29, 0.717) is 24.6 Å². The molecule has 34 heavy (non-hydrogen) atoms. The molecule has 1 aromatic rings. The maximum atomic E-state index is 12.9. The van der Waals surface area contributed by atoms with E-state index in [1.165, 1.54) is 0 Å². The number of carbonyl (C=O) groups is 3. The second-order valence-corrected chi connectivity index (χ2v) is 10.3. The van der Waals surface area contributed by atoms with Gasteiger partial charge in [-0.05, 0) is 76.1 Å². The van der Waals surface area contributed by atoms with Gasteiger partial charge in [0.05, 0.1) is 5.60 Å². The van der Waals surface area contributed by atoms with E-state index in [9.17, 15) is 14.4 Å². The van der Waals surface area contributed by atoms with Crippen LogP contribution in [0.3, 0.4) is 0 Å². The molecule has 1 aliphatic carbocycles. The number of carbonyl (C=O) groups excluding carboxylic acids is 3. The van der Waals surface area contributed by atoms with E-state index in [1.807, 2.05) is 18.2 Å². The van der Waals surface area contributed by atoms with Gasteiger partial charge in [-0.25, -0.2) is 0 Å². The molecule has 1 N–H and O–H groups in total. The Bertz CT molecular complexity index is 971. The minimum Gasteiger partial charge on any atom is -0.489 e. The van der Waals surface area contributed by atoms with Crippen LogP contribution < -0.4 is 10.1 Å². The van der Waals surface area contributed by atoms with Crippen LogP contribution in [0.25, 0.3) is 0 Å². The second-order valence-electron chi connectivity index (χ2n) is 10.3. The number of benzene rings is 1. The molecule has 2 saturated heterocycles. The highest BCUT2D eigenvalue weighted by Gasteiger charge is 2.41. The highest BCUT2D eigenvalue weighted by Crippen LogP contribution is 2.35. The van der Waals surface area contributed by atoms with Crippen LogP contribution in [0.1, 0.15) is 74.7 Å². The fraction of sp³-hybridized carbons (Fsp3) is 0.654. The second kappa shape index (κ2) is 9.30. The average molecular weight is 470 g/mol. The van der Waals surface area contributed by atoms with Gasteiger partial charge in [-0.15, -0.1) is 0 Å². The minimum atomic E-state index is -0.595. The zero-order chi connectivity index (χ0) is 23.9. The Balaban J connectivity index is 1.23. The quantitative estimate of drug-likeness (QED) is 0.645. The Morgan fingerprint density at radius 2 is 1.91 bits per heavy atom. The van der Waals surface area contributed by atoms with Crippen LogP contribution in [0.2, 0.25) is 0 Å². The number of likely N-dealkylation sites (tertiary alicyclic amines) is 1. The summed E-state index contributed by atoms with van der Waals surface area (Å²) in [7, 11) is 0. The molecule has 0 radical (unpaired) electrons. The number of fused-ring (bicyclic) bond motifs is 1. The Labute approximate surface area is 200 Å². The van der Waals surface area contributed by atoms with Crippen molar-refractivity contribution in [2.24, 2.45) is 0 Å². The molecule has 8 nitrogen and oxygen atoms in total. The van der Waals surface area contributed by atoms with E-state index in [1.54, 1.807) is 4.90 Å². The molecule has 1 aromatic carbocycles. The van der Waals surface area contributed by atoms with Gasteiger partial charge >= 0.3 is 0 Å². The SMILES string of the molecule is CCOC1(C)CCN([C@@H]2CCC[C@H]2Oc2ccc3c(c2)CN(C2CCC(=O)NC2=O)C3=O)CC1. The summed E-state index contributed by atoms with van der Waals surface area (Å²) in [5.41, 5.74) is 1.49. The fourth-order valence-corrected chi connectivity index (χ4v) is 6.08. The van der Waals surface area contributed by atoms with Crippen LogP contribution in [-0.4, -0.2) is 71.0 Å². The van der Waals surface area contributed by atoms with Crippen molar-refractivity contribution in [2.45, 2.75) is 89.1 Å². The number of piperidine rings is 2. The van der Waals surface area contributed by atoms with E-state index < -0.39 is 6.04 Å². The number of hydrogen-bond donors (Lipinski definition) is 1. The zero-order valence-corrected chi connectivity index (χ0v) is 20.2. The molecule has 5 rings (SSSR count). The van der Waals surface area contributed by atoms with Gasteiger partial charge in [0.2, 0.25) is 11.8 Å². The summed E-state index contributed by atoms with van der Waals surface area (Å²) in [5, 5.41) is 2.35. The lowest BCUT2D eigenvalue weighted by atomic mass is 9.92. The van der Waals surface area contributed by atoms with Crippen LogP contribution in [-0.2, 0) is 20.9 Å². The third-order valence-electron chi connectivity index (χ3n) is 8.02. The number of nitrogens with zero attached hydrogens (tertiary/aromatic N) is 2. The third kappa shape index (κ3) is 4.45. The topological polar surface area (TPSA) is 88.2 Å². The van der Waals surface area contributed by atoms with Gasteiger partial charge in [-0.2, -0.15) is 0 Å². The Morgan fingerprint density at radius 1 is 1.12 bits per heavy atom. The zero-order valence-electron chi connectivity index (χ0n) is 20.2. The molecule has 3 atom stereocenters. The van der Waals surface area contributed by atoms with Gasteiger partial charge in [0.25, 0.3) is 5.91 Å². The Hall–Kier alpha value is -2.45. The molecule has 4 aliphatic rings. The van der Waals surface area contributed by atoms with Crippen molar-refractivity contribution < 1.29 is 23.9 Å². The number of nitrogens with one attached hydrogen (secondary N) is 1. The summed E-state index contributed by atoms with van der Waals surface area (Å²) in [6.07, 6.45) is 6.18.